The predicted molar refractivity (Wildman–Crippen MR) is 66.5 cm³/mol. The molecule has 2 aromatic carbocycles. The van der Waals surface area contributed by atoms with Gasteiger partial charge in [-0.2, -0.15) is 0 Å². The summed E-state index contributed by atoms with van der Waals surface area (Å²) in [5, 5.41) is 0. The monoisotopic (exact) mass is 260 g/mol. The Labute approximate surface area is 108 Å². The Balaban J connectivity index is 2.38. The first-order valence-corrected chi connectivity index (χ1v) is 5.62. The largest absolute Gasteiger partial charge is 0.285 e. The molecule has 4 heteroatoms. The van der Waals surface area contributed by atoms with Gasteiger partial charge in [-0.3, -0.25) is 9.59 Å². The van der Waals surface area contributed by atoms with Crippen LogP contribution in [0.1, 0.15) is 32.7 Å². The highest BCUT2D eigenvalue weighted by Gasteiger charge is 2.23. The number of ketones is 2. The summed E-state index contributed by atoms with van der Waals surface area (Å²) in [7, 11) is 0. The number of hydrogen-bond acceptors (Lipinski definition) is 2. The first-order chi connectivity index (χ1) is 9.11. The SMILES string of the molecule is O=C(C(=O)c1ccccc1C(F)F)c1ccccc1. The molecule has 0 aliphatic rings. The van der Waals surface area contributed by atoms with Gasteiger partial charge in [0.05, 0.1) is 0 Å². The lowest BCUT2D eigenvalue weighted by Gasteiger charge is -2.06. The van der Waals surface area contributed by atoms with Gasteiger partial charge >= 0.3 is 0 Å². The molecule has 0 heterocycles. The second-order valence-corrected chi connectivity index (χ2v) is 3.91. The van der Waals surface area contributed by atoms with E-state index in [1.165, 1.54) is 30.3 Å². The smallest absolute Gasteiger partial charge is 0.264 e. The minimum atomic E-state index is -2.79. The van der Waals surface area contributed by atoms with Crippen molar-refractivity contribution in [3.63, 3.8) is 0 Å². The van der Waals surface area contributed by atoms with Crippen LogP contribution >= 0.6 is 0 Å². The van der Waals surface area contributed by atoms with Crippen LogP contribution in [0.2, 0.25) is 0 Å². The van der Waals surface area contributed by atoms with E-state index in [0.717, 1.165) is 6.07 Å². The Morgan fingerprint density at radius 3 is 2.00 bits per heavy atom. The molecular weight excluding hydrogens is 250 g/mol. The van der Waals surface area contributed by atoms with Crippen molar-refractivity contribution >= 4 is 11.6 Å². The molecular formula is C15H10F2O2. The van der Waals surface area contributed by atoms with E-state index in [1.54, 1.807) is 18.2 Å². The number of alkyl halides is 2. The van der Waals surface area contributed by atoms with Crippen molar-refractivity contribution in [1.29, 1.82) is 0 Å². The van der Waals surface area contributed by atoms with Gasteiger partial charge in [-0.05, 0) is 0 Å². The molecule has 2 rings (SSSR count). The third-order valence-electron chi connectivity index (χ3n) is 2.68. The fourth-order valence-corrected chi connectivity index (χ4v) is 1.74. The summed E-state index contributed by atoms with van der Waals surface area (Å²) >= 11 is 0. The number of hydrogen-bond donors (Lipinski definition) is 0. The Hall–Kier alpha value is -2.36. The highest BCUT2D eigenvalue weighted by molar-refractivity contribution is 6.49. The van der Waals surface area contributed by atoms with Crippen LogP contribution in [0.15, 0.2) is 54.6 Å². The summed E-state index contributed by atoms with van der Waals surface area (Å²) in [6.07, 6.45) is -2.79. The van der Waals surface area contributed by atoms with Gasteiger partial charge in [0.1, 0.15) is 0 Å². The fourth-order valence-electron chi connectivity index (χ4n) is 1.74. The van der Waals surface area contributed by atoms with Gasteiger partial charge in [0, 0.05) is 16.7 Å². The zero-order valence-electron chi connectivity index (χ0n) is 9.85. The summed E-state index contributed by atoms with van der Waals surface area (Å²) in [6, 6.07) is 13.1. The van der Waals surface area contributed by atoms with Crippen molar-refractivity contribution < 1.29 is 18.4 Å². The molecule has 0 saturated carbocycles. The third kappa shape index (κ3) is 2.73. The molecule has 96 valence electrons. The zero-order valence-corrected chi connectivity index (χ0v) is 9.85. The van der Waals surface area contributed by atoms with Gasteiger partial charge in [-0.15, -0.1) is 0 Å². The summed E-state index contributed by atoms with van der Waals surface area (Å²) in [4.78, 5) is 23.9. The number of rotatable bonds is 4. The number of benzene rings is 2. The Bertz CT molecular complexity index is 607. The molecule has 0 aliphatic heterocycles. The third-order valence-corrected chi connectivity index (χ3v) is 2.68. The average Bonchev–Trinajstić information content (AvgIpc) is 2.46. The zero-order chi connectivity index (χ0) is 13.8. The second kappa shape index (κ2) is 5.52. The van der Waals surface area contributed by atoms with E-state index in [2.05, 4.69) is 0 Å². The van der Waals surface area contributed by atoms with Crippen LogP contribution < -0.4 is 0 Å². The van der Waals surface area contributed by atoms with Crippen LogP contribution in [0.25, 0.3) is 0 Å². The maximum Gasteiger partial charge on any atom is 0.264 e. The lowest BCUT2D eigenvalue weighted by atomic mass is 9.97. The maximum absolute atomic E-state index is 12.8. The topological polar surface area (TPSA) is 34.1 Å². The molecule has 0 unspecified atom stereocenters. The minimum Gasteiger partial charge on any atom is -0.285 e. The van der Waals surface area contributed by atoms with Gasteiger partial charge in [0.25, 0.3) is 6.43 Å². The van der Waals surface area contributed by atoms with Crippen molar-refractivity contribution in [2.24, 2.45) is 0 Å². The van der Waals surface area contributed by atoms with E-state index in [-0.39, 0.29) is 11.1 Å². The van der Waals surface area contributed by atoms with Crippen LogP contribution in [-0.2, 0) is 0 Å². The first kappa shape index (κ1) is 13.1. The fraction of sp³-hybridized carbons (Fsp3) is 0.0667. The molecule has 0 radical (unpaired) electrons. The lowest BCUT2D eigenvalue weighted by Crippen LogP contribution is -2.16. The molecule has 2 aromatic rings. The van der Waals surface area contributed by atoms with Gasteiger partial charge in [-0.1, -0.05) is 54.6 Å². The molecule has 0 N–H and O–H groups in total. The number of carbonyl (C=O) groups excluding carboxylic acids is 2. The van der Waals surface area contributed by atoms with Crippen LogP contribution in [0, 0.1) is 0 Å². The van der Waals surface area contributed by atoms with E-state index >= 15 is 0 Å². The van der Waals surface area contributed by atoms with Crippen molar-refractivity contribution in [2.75, 3.05) is 0 Å². The molecule has 0 saturated heterocycles. The summed E-state index contributed by atoms with van der Waals surface area (Å²) in [5.74, 6) is -1.70. The quantitative estimate of drug-likeness (QED) is 0.620. The summed E-state index contributed by atoms with van der Waals surface area (Å²) in [5.41, 5.74) is -0.472. The van der Waals surface area contributed by atoms with E-state index in [4.69, 9.17) is 0 Å². The van der Waals surface area contributed by atoms with E-state index in [1.807, 2.05) is 0 Å². The van der Waals surface area contributed by atoms with Crippen molar-refractivity contribution in [3.05, 3.63) is 71.3 Å². The average molecular weight is 260 g/mol. The van der Waals surface area contributed by atoms with Crippen molar-refractivity contribution in [2.45, 2.75) is 6.43 Å². The van der Waals surface area contributed by atoms with Crippen molar-refractivity contribution in [3.8, 4) is 0 Å². The van der Waals surface area contributed by atoms with E-state index in [0.29, 0.717) is 0 Å². The number of halogens is 2. The highest BCUT2D eigenvalue weighted by atomic mass is 19.3. The minimum absolute atomic E-state index is 0.191. The molecule has 0 fully saturated rings. The second-order valence-electron chi connectivity index (χ2n) is 3.91. The molecule has 19 heavy (non-hydrogen) atoms. The van der Waals surface area contributed by atoms with Crippen LogP contribution in [0.4, 0.5) is 8.78 Å². The van der Waals surface area contributed by atoms with E-state index < -0.39 is 23.6 Å². The van der Waals surface area contributed by atoms with Crippen LogP contribution in [0.3, 0.4) is 0 Å². The highest BCUT2D eigenvalue weighted by Crippen LogP contribution is 2.23. The first-order valence-electron chi connectivity index (χ1n) is 5.62. The summed E-state index contributed by atoms with van der Waals surface area (Å²) in [6.45, 7) is 0. The van der Waals surface area contributed by atoms with Crippen LogP contribution in [-0.4, -0.2) is 11.6 Å². The van der Waals surface area contributed by atoms with Crippen molar-refractivity contribution in [1.82, 2.24) is 0 Å². The lowest BCUT2D eigenvalue weighted by molar-refractivity contribution is 0.0811. The Kier molecular flexibility index (Phi) is 3.80. The van der Waals surface area contributed by atoms with Gasteiger partial charge in [0.2, 0.25) is 11.6 Å². The summed E-state index contributed by atoms with van der Waals surface area (Å²) < 4.78 is 25.6. The predicted octanol–water partition coefficient (Wildman–Crippen LogP) is 3.69. The van der Waals surface area contributed by atoms with E-state index in [9.17, 15) is 18.4 Å². The van der Waals surface area contributed by atoms with Crippen LogP contribution in [0.5, 0.6) is 0 Å². The standard InChI is InChI=1S/C15H10F2O2/c16-15(17)12-9-5-4-8-11(12)14(19)13(18)10-6-2-1-3-7-10/h1-9,15H. The molecule has 0 aromatic heterocycles. The number of carbonyl (C=O) groups is 2. The number of Topliss-reactive ketones (excluding diaryl/α,β-unsaturated/α-hetero) is 2. The van der Waals surface area contributed by atoms with Gasteiger partial charge in [0.15, 0.2) is 0 Å². The molecule has 0 atom stereocenters. The Morgan fingerprint density at radius 1 is 0.789 bits per heavy atom. The maximum atomic E-state index is 12.8. The molecule has 0 amide bonds. The molecule has 0 spiro atoms. The normalized spacial score (nSPS) is 10.5. The van der Waals surface area contributed by atoms with Gasteiger partial charge < -0.3 is 0 Å². The molecule has 0 aliphatic carbocycles. The molecule has 0 bridgehead atoms. The van der Waals surface area contributed by atoms with Gasteiger partial charge in [-0.25, -0.2) is 8.78 Å². The molecule has 2 nitrogen and oxygen atoms in total. The Morgan fingerprint density at radius 2 is 1.37 bits per heavy atom.